The van der Waals surface area contributed by atoms with Gasteiger partial charge in [0.05, 0.1) is 9.85 Å². The van der Waals surface area contributed by atoms with E-state index in [9.17, 15) is 20.2 Å². The van der Waals surface area contributed by atoms with Gasteiger partial charge in [-0.1, -0.05) is 0 Å². The maximum Gasteiger partial charge on any atom is 0.269 e. The van der Waals surface area contributed by atoms with Crippen LogP contribution in [0.2, 0.25) is 0 Å². The van der Waals surface area contributed by atoms with Gasteiger partial charge in [-0.05, 0) is 24.3 Å². The van der Waals surface area contributed by atoms with Gasteiger partial charge in [-0.25, -0.2) is 8.61 Å². The molecule has 2 heterocycles. The highest BCUT2D eigenvalue weighted by Crippen LogP contribution is 2.33. The van der Waals surface area contributed by atoms with Crippen LogP contribution in [0.25, 0.3) is 0 Å². The number of hydrogen-bond acceptors (Lipinski definition) is 10. The third kappa shape index (κ3) is 5.63. The Labute approximate surface area is 194 Å². The lowest BCUT2D eigenvalue weighted by atomic mass is 10.2. The smallest absolute Gasteiger partial charge is 0.269 e. The molecule has 0 amide bonds. The van der Waals surface area contributed by atoms with Crippen molar-refractivity contribution in [2.24, 2.45) is 0 Å². The Hall–Kier alpha value is -2.54. The number of nitrogens with zero attached hydrogens (tertiary/aromatic N) is 6. The zero-order valence-corrected chi connectivity index (χ0v) is 19.0. The maximum atomic E-state index is 10.8. The molecule has 0 aromatic heterocycles. The van der Waals surface area contributed by atoms with E-state index in [4.69, 9.17) is 0 Å². The minimum atomic E-state index is -0.374. The number of nitro benzene ring substituents is 2. The van der Waals surface area contributed by atoms with Crippen molar-refractivity contribution in [3.8, 4) is 0 Å². The highest BCUT2D eigenvalue weighted by atomic mass is 33.1. The van der Waals surface area contributed by atoms with Gasteiger partial charge in [-0.3, -0.25) is 20.2 Å². The molecule has 4 rings (SSSR count). The van der Waals surface area contributed by atoms with Gasteiger partial charge < -0.3 is 9.80 Å². The molecule has 0 spiro atoms. The van der Waals surface area contributed by atoms with Gasteiger partial charge in [0.1, 0.15) is 0 Å². The summed E-state index contributed by atoms with van der Waals surface area (Å²) in [6, 6.07) is 13.5. The molecule has 0 N–H and O–H groups in total. The number of piperazine rings is 2. The zero-order chi connectivity index (χ0) is 22.5. The van der Waals surface area contributed by atoms with Crippen LogP contribution < -0.4 is 9.80 Å². The van der Waals surface area contributed by atoms with Crippen molar-refractivity contribution >= 4 is 44.7 Å². The van der Waals surface area contributed by atoms with Crippen molar-refractivity contribution in [1.29, 1.82) is 0 Å². The van der Waals surface area contributed by atoms with Gasteiger partial charge in [-0.2, -0.15) is 0 Å². The minimum absolute atomic E-state index is 0.119. The Morgan fingerprint density at radius 3 is 1.16 bits per heavy atom. The number of hydrogen-bond donors (Lipinski definition) is 0. The molecule has 2 aromatic rings. The van der Waals surface area contributed by atoms with Gasteiger partial charge in [0, 0.05) is 110 Å². The lowest BCUT2D eigenvalue weighted by Crippen LogP contribution is -2.45. The normalized spacial score (nSPS) is 18.0. The van der Waals surface area contributed by atoms with E-state index in [1.807, 2.05) is 24.3 Å². The highest BCUT2D eigenvalue weighted by Gasteiger charge is 2.22. The van der Waals surface area contributed by atoms with Crippen molar-refractivity contribution in [2.75, 3.05) is 62.2 Å². The lowest BCUT2D eigenvalue weighted by molar-refractivity contribution is -0.385. The summed E-state index contributed by atoms with van der Waals surface area (Å²) >= 11 is 0. The average molecular weight is 477 g/mol. The number of non-ortho nitro benzene ring substituents is 2. The topological polar surface area (TPSA) is 99.2 Å². The van der Waals surface area contributed by atoms with Gasteiger partial charge in [0.2, 0.25) is 0 Å². The Balaban J connectivity index is 1.17. The molecule has 170 valence electrons. The first-order valence-electron chi connectivity index (χ1n) is 10.3. The summed E-state index contributed by atoms with van der Waals surface area (Å²) in [5.74, 6) is 0. The Kier molecular flexibility index (Phi) is 7.35. The summed E-state index contributed by atoms with van der Waals surface area (Å²) in [4.78, 5) is 25.4. The Morgan fingerprint density at radius 2 is 0.875 bits per heavy atom. The summed E-state index contributed by atoms with van der Waals surface area (Å²) in [6.07, 6.45) is 0. The summed E-state index contributed by atoms with van der Waals surface area (Å²) in [5.41, 5.74) is 2.28. The van der Waals surface area contributed by atoms with E-state index >= 15 is 0 Å². The first-order chi connectivity index (χ1) is 15.5. The molecule has 0 bridgehead atoms. The number of nitro groups is 2. The summed E-state index contributed by atoms with van der Waals surface area (Å²) in [6.45, 7) is 7.26. The fraction of sp³-hybridized carbons (Fsp3) is 0.400. The van der Waals surface area contributed by atoms with E-state index in [0.29, 0.717) is 0 Å². The average Bonchev–Trinajstić information content (AvgIpc) is 2.83. The number of anilines is 2. The minimum Gasteiger partial charge on any atom is -0.369 e. The predicted octanol–water partition coefficient (Wildman–Crippen LogP) is 3.66. The van der Waals surface area contributed by atoms with Crippen LogP contribution in [0.3, 0.4) is 0 Å². The zero-order valence-electron chi connectivity index (χ0n) is 17.4. The summed E-state index contributed by atoms with van der Waals surface area (Å²) in [7, 11) is 3.55. The van der Waals surface area contributed by atoms with Crippen molar-refractivity contribution in [3.63, 3.8) is 0 Å². The van der Waals surface area contributed by atoms with E-state index in [0.717, 1.165) is 63.7 Å². The van der Waals surface area contributed by atoms with Crippen molar-refractivity contribution in [2.45, 2.75) is 0 Å². The van der Waals surface area contributed by atoms with Crippen molar-refractivity contribution in [1.82, 2.24) is 8.61 Å². The molecule has 2 aliphatic rings. The monoisotopic (exact) mass is 476 g/mol. The fourth-order valence-corrected chi connectivity index (χ4v) is 5.98. The first kappa shape index (κ1) is 22.6. The molecular formula is C20H24N6O4S2. The largest absolute Gasteiger partial charge is 0.369 e. The summed E-state index contributed by atoms with van der Waals surface area (Å²) in [5, 5.41) is 21.6. The number of rotatable bonds is 7. The quantitative estimate of drug-likeness (QED) is 0.255. The SMILES string of the molecule is O=[N+]([O-])c1ccc(N2CCN(SSN3CCN(c4ccc([N+](=O)[O-])cc4)CC3)CC2)cc1. The maximum absolute atomic E-state index is 10.8. The molecule has 0 atom stereocenters. The standard InChI is InChI=1S/C20H24N6O4S2/c27-25(28)19-5-1-17(2-6-19)21-9-13-23(14-10-21)31-32-24-15-11-22(12-16-24)18-3-7-20(8-4-18)26(29)30/h1-8H,9-16H2. The van der Waals surface area contributed by atoms with E-state index in [-0.39, 0.29) is 21.2 Å². The van der Waals surface area contributed by atoms with Gasteiger partial charge in [0.15, 0.2) is 0 Å². The molecular weight excluding hydrogens is 452 g/mol. The van der Waals surface area contributed by atoms with Gasteiger partial charge in [0.25, 0.3) is 11.4 Å². The molecule has 2 saturated heterocycles. The fourth-order valence-electron chi connectivity index (χ4n) is 3.71. The van der Waals surface area contributed by atoms with Crippen LogP contribution in [0.15, 0.2) is 48.5 Å². The Bertz CT molecular complexity index is 853. The summed E-state index contributed by atoms with van der Waals surface area (Å²) < 4.78 is 4.71. The van der Waals surface area contributed by atoms with Crippen LogP contribution in [0, 0.1) is 20.2 Å². The third-order valence-corrected chi connectivity index (χ3v) is 8.26. The molecule has 32 heavy (non-hydrogen) atoms. The van der Waals surface area contributed by atoms with Crippen molar-refractivity contribution < 1.29 is 9.85 Å². The van der Waals surface area contributed by atoms with Gasteiger partial charge >= 0.3 is 0 Å². The molecule has 0 unspecified atom stereocenters. The molecule has 2 aromatic carbocycles. The van der Waals surface area contributed by atoms with Crippen LogP contribution in [0.5, 0.6) is 0 Å². The van der Waals surface area contributed by atoms with E-state index < -0.39 is 0 Å². The van der Waals surface area contributed by atoms with Crippen LogP contribution in [-0.2, 0) is 0 Å². The molecule has 10 nitrogen and oxygen atoms in total. The lowest BCUT2D eigenvalue weighted by Gasteiger charge is -2.37. The van der Waals surface area contributed by atoms with E-state index in [1.54, 1.807) is 46.2 Å². The Morgan fingerprint density at radius 1 is 0.562 bits per heavy atom. The highest BCUT2D eigenvalue weighted by molar-refractivity contribution is 8.74. The number of benzene rings is 2. The molecule has 12 heteroatoms. The predicted molar refractivity (Wildman–Crippen MR) is 129 cm³/mol. The van der Waals surface area contributed by atoms with Crippen LogP contribution >= 0.6 is 22.0 Å². The van der Waals surface area contributed by atoms with Crippen LogP contribution in [-0.4, -0.2) is 70.8 Å². The second kappa shape index (κ2) is 10.4. The molecule has 2 aliphatic heterocycles. The third-order valence-electron chi connectivity index (χ3n) is 5.57. The second-order valence-corrected chi connectivity index (χ2v) is 9.75. The van der Waals surface area contributed by atoms with E-state index in [2.05, 4.69) is 18.4 Å². The second-order valence-electron chi connectivity index (χ2n) is 7.53. The van der Waals surface area contributed by atoms with Crippen molar-refractivity contribution in [3.05, 3.63) is 68.8 Å². The van der Waals surface area contributed by atoms with Gasteiger partial charge in [-0.15, -0.1) is 0 Å². The molecule has 0 aliphatic carbocycles. The molecule has 0 saturated carbocycles. The van der Waals surface area contributed by atoms with Crippen LogP contribution in [0.1, 0.15) is 0 Å². The molecule has 0 radical (unpaired) electrons. The first-order valence-corrected chi connectivity index (χ1v) is 12.4. The van der Waals surface area contributed by atoms with Crippen LogP contribution in [0.4, 0.5) is 22.7 Å². The molecule has 2 fully saturated rings. The van der Waals surface area contributed by atoms with E-state index in [1.165, 1.54) is 0 Å².